The van der Waals surface area contributed by atoms with Crippen LogP contribution < -0.4 is 0 Å². The number of morpholine rings is 1. The van der Waals surface area contributed by atoms with E-state index in [-0.39, 0.29) is 0 Å². The van der Waals surface area contributed by atoms with Crippen molar-refractivity contribution in [3.05, 3.63) is 0 Å². The highest BCUT2D eigenvalue weighted by atomic mass is 127. The number of fused-ring (bicyclic) bond motifs is 2. The number of piperidine rings is 1. The number of nitrogens with zero attached hydrogens (tertiary/aromatic N) is 1. The minimum atomic E-state index is 0.589. The van der Waals surface area contributed by atoms with E-state index in [0.717, 1.165) is 9.97 Å². The highest BCUT2D eigenvalue weighted by Crippen LogP contribution is 2.34. The summed E-state index contributed by atoms with van der Waals surface area (Å²) in [6, 6.07) is 0.884. The van der Waals surface area contributed by atoms with Crippen molar-refractivity contribution < 1.29 is 4.74 Å². The second-order valence-corrected chi connectivity index (χ2v) is 6.74. The second kappa shape index (κ2) is 3.91. The van der Waals surface area contributed by atoms with E-state index in [9.17, 15) is 0 Å². The van der Waals surface area contributed by atoms with Gasteiger partial charge in [0, 0.05) is 29.5 Å². The summed E-state index contributed by atoms with van der Waals surface area (Å²) in [6.07, 6.45) is 8.21. The Labute approximate surface area is 99.5 Å². The highest BCUT2D eigenvalue weighted by molar-refractivity contribution is 14.1. The Morgan fingerprint density at radius 1 is 1.00 bits per heavy atom. The minimum absolute atomic E-state index is 0.589. The van der Waals surface area contributed by atoms with Gasteiger partial charge in [-0.3, -0.25) is 4.90 Å². The largest absolute Gasteiger partial charge is 0.372 e. The summed E-state index contributed by atoms with van der Waals surface area (Å²) in [6.45, 7) is 2.43. The van der Waals surface area contributed by atoms with Crippen molar-refractivity contribution in [1.82, 2.24) is 4.90 Å². The number of hydrogen-bond acceptors (Lipinski definition) is 2. The molecule has 0 spiro atoms. The molecule has 0 amide bonds. The van der Waals surface area contributed by atoms with Crippen LogP contribution in [0.5, 0.6) is 0 Å². The smallest absolute Gasteiger partial charge is 0.0731 e. The first kappa shape index (κ1) is 9.85. The molecule has 4 aliphatic rings. The Morgan fingerprint density at radius 2 is 1.57 bits per heavy atom. The van der Waals surface area contributed by atoms with Crippen LogP contribution in [0.1, 0.15) is 32.1 Å². The lowest BCUT2D eigenvalue weighted by Gasteiger charge is -2.50. The van der Waals surface area contributed by atoms with Crippen LogP contribution in [-0.2, 0) is 4.74 Å². The molecule has 0 radical (unpaired) electrons. The zero-order chi connectivity index (χ0) is 9.54. The Kier molecular flexibility index (Phi) is 2.75. The van der Waals surface area contributed by atoms with E-state index in [1.165, 1.54) is 45.2 Å². The van der Waals surface area contributed by atoms with Crippen LogP contribution in [-0.4, -0.2) is 40.2 Å². The number of rotatable bonds is 1. The van der Waals surface area contributed by atoms with Crippen molar-refractivity contribution >= 4 is 22.6 Å². The fourth-order valence-corrected chi connectivity index (χ4v) is 3.80. The molecule has 0 aromatic carbocycles. The standard InChI is InChI=1S/C11H18INO/c12-8-1-3-9(4-2-8)13-6-10-5-11(7-13)14-10/h8-11H,1-7H2/t8-,9+,10?,11?. The molecule has 3 heteroatoms. The molecule has 1 saturated carbocycles. The van der Waals surface area contributed by atoms with Crippen LogP contribution in [0.3, 0.4) is 0 Å². The summed E-state index contributed by atoms with van der Waals surface area (Å²) in [5.41, 5.74) is 0. The molecular formula is C11H18INO. The lowest BCUT2D eigenvalue weighted by Crippen LogP contribution is -2.60. The van der Waals surface area contributed by atoms with Gasteiger partial charge in [0.1, 0.15) is 0 Å². The first-order chi connectivity index (χ1) is 6.81. The summed E-state index contributed by atoms with van der Waals surface area (Å²) in [4.78, 5) is 2.70. The molecule has 14 heavy (non-hydrogen) atoms. The maximum atomic E-state index is 5.67. The van der Waals surface area contributed by atoms with Crippen molar-refractivity contribution in [1.29, 1.82) is 0 Å². The molecule has 1 aliphatic carbocycles. The molecule has 3 heterocycles. The van der Waals surface area contributed by atoms with Crippen molar-refractivity contribution in [2.45, 2.75) is 54.3 Å². The Morgan fingerprint density at radius 3 is 2.14 bits per heavy atom. The SMILES string of the molecule is I[C@H]1CC[C@@H](N2CC3CC(C2)O3)CC1. The quantitative estimate of drug-likeness (QED) is 0.544. The third-order valence-electron chi connectivity index (χ3n) is 3.93. The van der Waals surface area contributed by atoms with Gasteiger partial charge in [0.05, 0.1) is 12.2 Å². The van der Waals surface area contributed by atoms with Gasteiger partial charge in [0.15, 0.2) is 0 Å². The van der Waals surface area contributed by atoms with Gasteiger partial charge in [0.2, 0.25) is 0 Å². The van der Waals surface area contributed by atoms with Crippen LogP contribution in [0.2, 0.25) is 0 Å². The molecule has 3 saturated heterocycles. The molecule has 2 atom stereocenters. The number of halogens is 1. The van der Waals surface area contributed by atoms with Gasteiger partial charge in [-0.05, 0) is 25.7 Å². The van der Waals surface area contributed by atoms with Gasteiger partial charge in [0.25, 0.3) is 0 Å². The molecule has 2 nitrogen and oxygen atoms in total. The van der Waals surface area contributed by atoms with Crippen molar-refractivity contribution in [2.75, 3.05) is 13.1 Å². The van der Waals surface area contributed by atoms with Crippen molar-refractivity contribution in [3.8, 4) is 0 Å². The zero-order valence-electron chi connectivity index (χ0n) is 8.49. The average molecular weight is 307 g/mol. The summed E-state index contributed by atoms with van der Waals surface area (Å²) in [7, 11) is 0. The Balaban J connectivity index is 1.55. The van der Waals surface area contributed by atoms with Crippen molar-refractivity contribution in [2.24, 2.45) is 0 Å². The molecule has 4 rings (SSSR count). The molecule has 3 aliphatic heterocycles. The molecule has 0 aromatic rings. The number of ether oxygens (including phenoxy) is 1. The third-order valence-corrected chi connectivity index (χ3v) is 5.18. The maximum absolute atomic E-state index is 5.67. The highest BCUT2D eigenvalue weighted by Gasteiger charge is 2.40. The summed E-state index contributed by atoms with van der Waals surface area (Å²) in [5.74, 6) is 0. The van der Waals surface area contributed by atoms with Crippen LogP contribution >= 0.6 is 22.6 Å². The predicted molar refractivity (Wildman–Crippen MR) is 64.9 cm³/mol. The number of alkyl halides is 1. The predicted octanol–water partition coefficient (Wildman–Crippen LogP) is 2.21. The van der Waals surface area contributed by atoms with Gasteiger partial charge in [-0.25, -0.2) is 0 Å². The second-order valence-electron chi connectivity index (χ2n) is 4.98. The normalized spacial score (nSPS) is 48.6. The van der Waals surface area contributed by atoms with E-state index in [1.54, 1.807) is 0 Å². The van der Waals surface area contributed by atoms with E-state index in [2.05, 4.69) is 27.5 Å². The van der Waals surface area contributed by atoms with Gasteiger partial charge in [-0.15, -0.1) is 0 Å². The first-order valence-corrected chi connectivity index (χ1v) is 7.09. The Bertz CT molecular complexity index is 199. The zero-order valence-corrected chi connectivity index (χ0v) is 10.7. The van der Waals surface area contributed by atoms with E-state index >= 15 is 0 Å². The molecule has 2 bridgehead atoms. The Hall–Kier alpha value is 0.650. The summed E-state index contributed by atoms with van der Waals surface area (Å²) >= 11 is 2.61. The van der Waals surface area contributed by atoms with Crippen LogP contribution in [0, 0.1) is 0 Å². The minimum Gasteiger partial charge on any atom is -0.372 e. The molecule has 0 N–H and O–H groups in total. The first-order valence-electron chi connectivity index (χ1n) is 5.85. The summed E-state index contributed by atoms with van der Waals surface area (Å²) in [5, 5.41) is 0. The molecule has 80 valence electrons. The topological polar surface area (TPSA) is 12.5 Å². The molecule has 2 unspecified atom stereocenters. The van der Waals surface area contributed by atoms with Gasteiger partial charge in [-0.2, -0.15) is 0 Å². The van der Waals surface area contributed by atoms with E-state index < -0.39 is 0 Å². The van der Waals surface area contributed by atoms with E-state index in [4.69, 9.17) is 4.74 Å². The average Bonchev–Trinajstić information content (AvgIpc) is 2.18. The maximum Gasteiger partial charge on any atom is 0.0731 e. The molecule has 4 fully saturated rings. The fourth-order valence-electron chi connectivity index (χ4n) is 3.09. The third kappa shape index (κ3) is 1.83. The van der Waals surface area contributed by atoms with Crippen LogP contribution in [0.25, 0.3) is 0 Å². The lowest BCUT2D eigenvalue weighted by molar-refractivity contribution is -0.189. The van der Waals surface area contributed by atoms with Gasteiger partial charge >= 0.3 is 0 Å². The van der Waals surface area contributed by atoms with Crippen LogP contribution in [0.15, 0.2) is 0 Å². The fraction of sp³-hybridized carbons (Fsp3) is 1.00. The van der Waals surface area contributed by atoms with E-state index in [1.807, 2.05) is 0 Å². The monoisotopic (exact) mass is 307 g/mol. The summed E-state index contributed by atoms with van der Waals surface area (Å²) < 4.78 is 6.62. The van der Waals surface area contributed by atoms with Gasteiger partial charge in [-0.1, -0.05) is 22.6 Å². The lowest BCUT2D eigenvalue weighted by atomic mass is 9.90. The molecular weight excluding hydrogens is 289 g/mol. The van der Waals surface area contributed by atoms with E-state index in [0.29, 0.717) is 12.2 Å². The van der Waals surface area contributed by atoms with Crippen molar-refractivity contribution in [3.63, 3.8) is 0 Å². The van der Waals surface area contributed by atoms with Crippen LogP contribution in [0.4, 0.5) is 0 Å². The van der Waals surface area contributed by atoms with Gasteiger partial charge < -0.3 is 4.74 Å². The molecule has 0 aromatic heterocycles. The number of hydrogen-bond donors (Lipinski definition) is 0.